The van der Waals surface area contributed by atoms with Crippen molar-refractivity contribution < 1.29 is 19.1 Å². The summed E-state index contributed by atoms with van der Waals surface area (Å²) in [5.41, 5.74) is 1.07. The summed E-state index contributed by atoms with van der Waals surface area (Å²) in [7, 11) is 1.52. The highest BCUT2D eigenvalue weighted by Crippen LogP contribution is 2.20. The normalized spacial score (nSPS) is 10.2. The number of amides is 2. The summed E-state index contributed by atoms with van der Waals surface area (Å²) >= 11 is 1.59. The van der Waals surface area contributed by atoms with Crippen LogP contribution in [0.3, 0.4) is 0 Å². The standard InChI is InChI=1S/C21H20N2O4S/c1-26-19-7-3-2-6-18(19)21(25)23-15-8-10-16(11-9-15)27-14-20(24)22-13-17-5-4-12-28-17/h2-12H,13-14H2,1H3,(H,22,24)(H,23,25). The van der Waals surface area contributed by atoms with Crippen molar-refractivity contribution in [2.24, 2.45) is 0 Å². The fourth-order valence-electron chi connectivity index (χ4n) is 2.46. The Morgan fingerprint density at radius 2 is 1.79 bits per heavy atom. The number of methoxy groups -OCH3 is 1. The van der Waals surface area contributed by atoms with Crippen molar-refractivity contribution in [3.05, 3.63) is 76.5 Å². The monoisotopic (exact) mass is 396 g/mol. The lowest BCUT2D eigenvalue weighted by Crippen LogP contribution is -2.28. The van der Waals surface area contributed by atoms with Crippen LogP contribution in [0.15, 0.2) is 66.0 Å². The van der Waals surface area contributed by atoms with E-state index in [1.165, 1.54) is 7.11 Å². The molecule has 0 aliphatic heterocycles. The van der Waals surface area contributed by atoms with Crippen LogP contribution >= 0.6 is 11.3 Å². The van der Waals surface area contributed by atoms with Gasteiger partial charge in [0.1, 0.15) is 11.5 Å². The number of rotatable bonds is 8. The van der Waals surface area contributed by atoms with Gasteiger partial charge in [0.05, 0.1) is 19.2 Å². The van der Waals surface area contributed by atoms with E-state index in [0.29, 0.717) is 29.3 Å². The number of thiophene rings is 1. The van der Waals surface area contributed by atoms with Gasteiger partial charge in [0.15, 0.2) is 6.61 Å². The maximum atomic E-state index is 12.4. The summed E-state index contributed by atoms with van der Waals surface area (Å²) in [6.45, 7) is 0.423. The number of ether oxygens (including phenoxy) is 2. The second-order valence-electron chi connectivity index (χ2n) is 5.82. The zero-order valence-electron chi connectivity index (χ0n) is 15.3. The van der Waals surface area contributed by atoms with Crippen molar-refractivity contribution in [3.63, 3.8) is 0 Å². The second-order valence-corrected chi connectivity index (χ2v) is 6.86. The van der Waals surface area contributed by atoms with Crippen LogP contribution in [0.2, 0.25) is 0 Å². The molecule has 0 aliphatic rings. The van der Waals surface area contributed by atoms with E-state index < -0.39 is 0 Å². The predicted molar refractivity (Wildman–Crippen MR) is 109 cm³/mol. The molecule has 1 aromatic heterocycles. The Morgan fingerprint density at radius 1 is 1.00 bits per heavy atom. The first-order valence-corrected chi connectivity index (χ1v) is 9.50. The average molecular weight is 396 g/mol. The molecule has 0 saturated heterocycles. The average Bonchev–Trinajstić information content (AvgIpc) is 3.25. The third-order valence-electron chi connectivity index (χ3n) is 3.87. The Hall–Kier alpha value is -3.32. The molecule has 0 aliphatic carbocycles. The van der Waals surface area contributed by atoms with Gasteiger partial charge in [-0.15, -0.1) is 11.3 Å². The van der Waals surface area contributed by atoms with E-state index in [2.05, 4.69) is 10.6 Å². The molecule has 144 valence electrons. The molecule has 0 radical (unpaired) electrons. The van der Waals surface area contributed by atoms with Crippen LogP contribution in [0, 0.1) is 0 Å². The molecule has 7 heteroatoms. The number of carbonyl (C=O) groups excluding carboxylic acids is 2. The highest BCUT2D eigenvalue weighted by Gasteiger charge is 2.11. The summed E-state index contributed by atoms with van der Waals surface area (Å²) in [6, 6.07) is 17.7. The number of nitrogens with one attached hydrogen (secondary N) is 2. The van der Waals surface area contributed by atoms with Crippen LogP contribution < -0.4 is 20.1 Å². The summed E-state index contributed by atoms with van der Waals surface area (Å²) in [5.74, 6) is 0.594. The Morgan fingerprint density at radius 3 is 2.50 bits per heavy atom. The van der Waals surface area contributed by atoms with E-state index in [1.807, 2.05) is 17.5 Å². The highest BCUT2D eigenvalue weighted by molar-refractivity contribution is 7.09. The molecule has 1 heterocycles. The first kappa shape index (κ1) is 19.4. The molecule has 0 fully saturated rings. The molecule has 0 unspecified atom stereocenters. The van der Waals surface area contributed by atoms with E-state index in [1.54, 1.807) is 59.9 Å². The van der Waals surface area contributed by atoms with Crippen LogP contribution in [0.25, 0.3) is 0 Å². The topological polar surface area (TPSA) is 76.7 Å². The summed E-state index contributed by atoms with van der Waals surface area (Å²) in [4.78, 5) is 25.3. The molecule has 0 bridgehead atoms. The van der Waals surface area contributed by atoms with Gasteiger partial charge in [-0.1, -0.05) is 18.2 Å². The van der Waals surface area contributed by atoms with Gasteiger partial charge in [0, 0.05) is 10.6 Å². The van der Waals surface area contributed by atoms with Crippen LogP contribution in [-0.4, -0.2) is 25.5 Å². The zero-order chi connectivity index (χ0) is 19.8. The van der Waals surface area contributed by atoms with E-state index in [4.69, 9.17) is 9.47 Å². The lowest BCUT2D eigenvalue weighted by molar-refractivity contribution is -0.123. The SMILES string of the molecule is COc1ccccc1C(=O)Nc1ccc(OCC(=O)NCc2cccs2)cc1. The molecular formula is C21H20N2O4S. The fraction of sp³-hybridized carbons (Fsp3) is 0.143. The van der Waals surface area contributed by atoms with E-state index in [0.717, 1.165) is 4.88 Å². The van der Waals surface area contributed by atoms with Gasteiger partial charge in [-0.2, -0.15) is 0 Å². The van der Waals surface area contributed by atoms with Crippen molar-refractivity contribution in [2.75, 3.05) is 19.0 Å². The summed E-state index contributed by atoms with van der Waals surface area (Å²) in [5, 5.41) is 7.57. The molecule has 28 heavy (non-hydrogen) atoms. The summed E-state index contributed by atoms with van der Waals surface area (Å²) < 4.78 is 10.7. The lowest BCUT2D eigenvalue weighted by atomic mass is 10.2. The highest BCUT2D eigenvalue weighted by atomic mass is 32.1. The van der Waals surface area contributed by atoms with E-state index in [9.17, 15) is 9.59 Å². The first-order valence-electron chi connectivity index (χ1n) is 8.62. The predicted octanol–water partition coefficient (Wildman–Crippen LogP) is 3.70. The Labute approximate surface area is 167 Å². The number of anilines is 1. The summed E-state index contributed by atoms with van der Waals surface area (Å²) in [6.07, 6.45) is 0. The number of benzene rings is 2. The van der Waals surface area contributed by atoms with Crippen molar-refractivity contribution in [3.8, 4) is 11.5 Å². The molecule has 3 rings (SSSR count). The molecule has 0 spiro atoms. The molecule has 0 saturated carbocycles. The molecule has 6 nitrogen and oxygen atoms in total. The Bertz CT molecular complexity index is 924. The second kappa shape index (κ2) is 9.57. The molecular weight excluding hydrogens is 376 g/mol. The molecule has 2 N–H and O–H groups in total. The van der Waals surface area contributed by atoms with Gasteiger partial charge >= 0.3 is 0 Å². The Balaban J connectivity index is 1.49. The maximum absolute atomic E-state index is 12.4. The number of para-hydroxylation sites is 1. The third-order valence-corrected chi connectivity index (χ3v) is 4.75. The minimum absolute atomic E-state index is 0.0711. The van der Waals surface area contributed by atoms with Gasteiger partial charge in [-0.3, -0.25) is 9.59 Å². The van der Waals surface area contributed by atoms with Crippen molar-refractivity contribution in [2.45, 2.75) is 6.54 Å². The first-order chi connectivity index (χ1) is 13.7. The van der Waals surface area contributed by atoms with Crippen LogP contribution in [0.4, 0.5) is 5.69 Å². The smallest absolute Gasteiger partial charge is 0.259 e. The maximum Gasteiger partial charge on any atom is 0.259 e. The minimum Gasteiger partial charge on any atom is -0.496 e. The van der Waals surface area contributed by atoms with E-state index >= 15 is 0 Å². The van der Waals surface area contributed by atoms with Crippen LogP contribution in [-0.2, 0) is 11.3 Å². The third kappa shape index (κ3) is 5.34. The van der Waals surface area contributed by atoms with Gasteiger partial charge in [0.2, 0.25) is 0 Å². The quantitative estimate of drug-likeness (QED) is 0.609. The van der Waals surface area contributed by atoms with E-state index in [-0.39, 0.29) is 18.4 Å². The van der Waals surface area contributed by atoms with Crippen molar-refractivity contribution >= 4 is 28.8 Å². The van der Waals surface area contributed by atoms with Gasteiger partial charge in [-0.25, -0.2) is 0 Å². The van der Waals surface area contributed by atoms with Gasteiger partial charge in [-0.05, 0) is 47.8 Å². The largest absolute Gasteiger partial charge is 0.496 e. The Kier molecular flexibility index (Phi) is 6.64. The number of hydrogen-bond acceptors (Lipinski definition) is 5. The van der Waals surface area contributed by atoms with Gasteiger partial charge < -0.3 is 20.1 Å². The molecule has 3 aromatic rings. The molecule has 2 amide bonds. The molecule has 0 atom stereocenters. The number of hydrogen-bond donors (Lipinski definition) is 2. The van der Waals surface area contributed by atoms with Crippen molar-refractivity contribution in [1.29, 1.82) is 0 Å². The lowest BCUT2D eigenvalue weighted by Gasteiger charge is -2.10. The molecule has 2 aromatic carbocycles. The number of carbonyl (C=O) groups is 2. The van der Waals surface area contributed by atoms with Gasteiger partial charge in [0.25, 0.3) is 11.8 Å². The minimum atomic E-state index is -0.265. The zero-order valence-corrected chi connectivity index (χ0v) is 16.1. The fourth-order valence-corrected chi connectivity index (χ4v) is 3.11. The van der Waals surface area contributed by atoms with Crippen molar-refractivity contribution in [1.82, 2.24) is 5.32 Å². The van der Waals surface area contributed by atoms with Crippen LogP contribution in [0.1, 0.15) is 15.2 Å². The van der Waals surface area contributed by atoms with Crippen LogP contribution in [0.5, 0.6) is 11.5 Å².